The van der Waals surface area contributed by atoms with Crippen LogP contribution in [0, 0.1) is 6.92 Å². The van der Waals surface area contributed by atoms with Gasteiger partial charge in [0.25, 0.3) is 5.91 Å². The molecule has 0 fully saturated rings. The van der Waals surface area contributed by atoms with E-state index in [9.17, 15) is 4.79 Å². The first-order valence-electron chi connectivity index (χ1n) is 5.93. The van der Waals surface area contributed by atoms with Crippen LogP contribution < -0.4 is 10.1 Å². The van der Waals surface area contributed by atoms with Gasteiger partial charge in [0, 0.05) is 5.02 Å². The Bertz CT molecular complexity index is 656. The van der Waals surface area contributed by atoms with E-state index in [1.165, 1.54) is 7.11 Å². The number of benzene rings is 2. The number of para-hydroxylation sites is 1. The summed E-state index contributed by atoms with van der Waals surface area (Å²) < 4.78 is 5.27. The molecule has 0 bridgehead atoms. The summed E-state index contributed by atoms with van der Waals surface area (Å²) in [6.07, 6.45) is 0. The van der Waals surface area contributed by atoms with Crippen LogP contribution in [0.1, 0.15) is 15.9 Å². The van der Waals surface area contributed by atoms with Crippen LogP contribution in [0.25, 0.3) is 0 Å². The molecule has 104 valence electrons. The zero-order valence-electron chi connectivity index (χ0n) is 11.0. The number of carbonyl (C=O) groups excluding carboxylic acids is 1. The number of hydrogen-bond acceptors (Lipinski definition) is 2. The molecule has 1 N–H and O–H groups in total. The Morgan fingerprint density at radius 3 is 2.65 bits per heavy atom. The Morgan fingerprint density at radius 2 is 1.95 bits per heavy atom. The molecule has 0 unspecified atom stereocenters. The topological polar surface area (TPSA) is 38.3 Å². The van der Waals surface area contributed by atoms with E-state index in [1.54, 1.807) is 30.3 Å². The molecule has 0 saturated heterocycles. The monoisotopic (exact) mass is 309 g/mol. The summed E-state index contributed by atoms with van der Waals surface area (Å²) in [6, 6.07) is 10.3. The second-order valence-corrected chi connectivity index (χ2v) is 5.08. The van der Waals surface area contributed by atoms with Crippen molar-refractivity contribution in [3.05, 3.63) is 57.6 Å². The van der Waals surface area contributed by atoms with Crippen molar-refractivity contribution in [2.24, 2.45) is 0 Å². The van der Waals surface area contributed by atoms with Crippen LogP contribution in [-0.2, 0) is 0 Å². The third-order valence-electron chi connectivity index (χ3n) is 2.84. The predicted octanol–water partition coefficient (Wildman–Crippen LogP) is 4.56. The van der Waals surface area contributed by atoms with Crippen molar-refractivity contribution in [2.75, 3.05) is 12.4 Å². The highest BCUT2D eigenvalue weighted by Gasteiger charge is 2.15. The minimum Gasteiger partial charge on any atom is -0.496 e. The highest BCUT2D eigenvalue weighted by atomic mass is 35.5. The average Bonchev–Trinajstić information content (AvgIpc) is 2.42. The first-order chi connectivity index (χ1) is 9.52. The SMILES string of the molecule is COc1c(C)cccc1C(=O)Nc1cc(Cl)ccc1Cl. The van der Waals surface area contributed by atoms with E-state index in [0.29, 0.717) is 27.0 Å². The fourth-order valence-corrected chi connectivity index (χ4v) is 2.22. The number of hydrogen-bond donors (Lipinski definition) is 1. The summed E-state index contributed by atoms with van der Waals surface area (Å²) in [7, 11) is 1.53. The quantitative estimate of drug-likeness (QED) is 0.902. The standard InChI is InChI=1S/C15H13Cl2NO2/c1-9-4-3-5-11(14(9)20-2)15(19)18-13-8-10(16)6-7-12(13)17/h3-8H,1-2H3,(H,18,19). The number of nitrogens with one attached hydrogen (secondary N) is 1. The first-order valence-corrected chi connectivity index (χ1v) is 6.68. The molecule has 0 radical (unpaired) electrons. The summed E-state index contributed by atoms with van der Waals surface area (Å²) in [5.41, 5.74) is 1.80. The fraction of sp³-hybridized carbons (Fsp3) is 0.133. The molecule has 5 heteroatoms. The maximum atomic E-state index is 12.3. The maximum Gasteiger partial charge on any atom is 0.259 e. The molecule has 0 aliphatic carbocycles. The van der Waals surface area contributed by atoms with E-state index in [1.807, 2.05) is 13.0 Å². The second kappa shape index (κ2) is 6.16. The lowest BCUT2D eigenvalue weighted by Crippen LogP contribution is -2.14. The van der Waals surface area contributed by atoms with Gasteiger partial charge in [-0.25, -0.2) is 0 Å². The number of amides is 1. The van der Waals surface area contributed by atoms with Crippen LogP contribution >= 0.6 is 23.2 Å². The Kier molecular flexibility index (Phi) is 4.53. The van der Waals surface area contributed by atoms with Gasteiger partial charge in [0.2, 0.25) is 0 Å². The van der Waals surface area contributed by atoms with E-state index in [4.69, 9.17) is 27.9 Å². The zero-order valence-corrected chi connectivity index (χ0v) is 12.5. The summed E-state index contributed by atoms with van der Waals surface area (Å²) in [6.45, 7) is 1.88. The largest absolute Gasteiger partial charge is 0.496 e. The van der Waals surface area contributed by atoms with E-state index in [-0.39, 0.29) is 5.91 Å². The molecule has 0 spiro atoms. The first kappa shape index (κ1) is 14.7. The molecule has 0 atom stereocenters. The van der Waals surface area contributed by atoms with Crippen LogP contribution in [0.5, 0.6) is 5.75 Å². The van der Waals surface area contributed by atoms with Crippen LogP contribution in [0.4, 0.5) is 5.69 Å². The van der Waals surface area contributed by atoms with E-state index in [2.05, 4.69) is 5.32 Å². The van der Waals surface area contributed by atoms with Gasteiger partial charge in [-0.05, 0) is 36.8 Å². The van der Waals surface area contributed by atoms with Crippen molar-refractivity contribution in [3.8, 4) is 5.75 Å². The molecular formula is C15H13Cl2NO2. The van der Waals surface area contributed by atoms with Crippen LogP contribution in [-0.4, -0.2) is 13.0 Å². The van der Waals surface area contributed by atoms with Gasteiger partial charge in [-0.3, -0.25) is 4.79 Å². The highest BCUT2D eigenvalue weighted by molar-refractivity contribution is 6.35. The van der Waals surface area contributed by atoms with Gasteiger partial charge in [0.15, 0.2) is 0 Å². The van der Waals surface area contributed by atoms with Crippen LogP contribution in [0.3, 0.4) is 0 Å². The molecular weight excluding hydrogens is 297 g/mol. The number of rotatable bonds is 3. The summed E-state index contributed by atoms with van der Waals surface area (Å²) in [5.74, 6) is 0.248. The van der Waals surface area contributed by atoms with E-state index < -0.39 is 0 Å². The molecule has 2 aromatic carbocycles. The van der Waals surface area contributed by atoms with Gasteiger partial charge in [0.1, 0.15) is 5.75 Å². The molecule has 0 heterocycles. The van der Waals surface area contributed by atoms with Crippen molar-refractivity contribution >= 4 is 34.8 Å². The van der Waals surface area contributed by atoms with Crippen molar-refractivity contribution in [1.29, 1.82) is 0 Å². The number of halogens is 2. The van der Waals surface area contributed by atoms with Gasteiger partial charge in [-0.2, -0.15) is 0 Å². The average molecular weight is 310 g/mol. The van der Waals surface area contributed by atoms with Crippen molar-refractivity contribution < 1.29 is 9.53 Å². The lowest BCUT2D eigenvalue weighted by Gasteiger charge is -2.12. The second-order valence-electron chi connectivity index (χ2n) is 4.23. The Hall–Kier alpha value is -1.71. The minimum atomic E-state index is -0.297. The minimum absolute atomic E-state index is 0.297. The van der Waals surface area contributed by atoms with Crippen molar-refractivity contribution in [2.45, 2.75) is 6.92 Å². The molecule has 3 nitrogen and oxygen atoms in total. The molecule has 0 saturated carbocycles. The van der Waals surface area contributed by atoms with Gasteiger partial charge < -0.3 is 10.1 Å². The van der Waals surface area contributed by atoms with Gasteiger partial charge >= 0.3 is 0 Å². The number of methoxy groups -OCH3 is 1. The summed E-state index contributed by atoms with van der Waals surface area (Å²) >= 11 is 11.9. The number of anilines is 1. The van der Waals surface area contributed by atoms with E-state index >= 15 is 0 Å². The molecule has 2 aromatic rings. The molecule has 20 heavy (non-hydrogen) atoms. The van der Waals surface area contributed by atoms with Crippen LogP contribution in [0.2, 0.25) is 10.0 Å². The molecule has 0 aliphatic rings. The fourth-order valence-electron chi connectivity index (χ4n) is 1.89. The third kappa shape index (κ3) is 3.06. The Morgan fingerprint density at radius 1 is 1.20 bits per heavy atom. The maximum absolute atomic E-state index is 12.3. The number of aryl methyl sites for hydroxylation is 1. The molecule has 1 amide bonds. The Labute approximate surface area is 127 Å². The number of ether oxygens (including phenoxy) is 1. The summed E-state index contributed by atoms with van der Waals surface area (Å²) in [5, 5.41) is 3.66. The lowest BCUT2D eigenvalue weighted by molar-refractivity contribution is 0.102. The number of carbonyl (C=O) groups is 1. The molecule has 0 aromatic heterocycles. The molecule has 0 aliphatic heterocycles. The van der Waals surface area contributed by atoms with Crippen molar-refractivity contribution in [1.82, 2.24) is 0 Å². The van der Waals surface area contributed by atoms with E-state index in [0.717, 1.165) is 5.56 Å². The smallest absolute Gasteiger partial charge is 0.259 e. The summed E-state index contributed by atoms with van der Waals surface area (Å²) in [4.78, 5) is 12.3. The van der Waals surface area contributed by atoms with Crippen molar-refractivity contribution in [3.63, 3.8) is 0 Å². The highest BCUT2D eigenvalue weighted by Crippen LogP contribution is 2.28. The Balaban J connectivity index is 2.33. The lowest BCUT2D eigenvalue weighted by atomic mass is 10.1. The third-order valence-corrected chi connectivity index (χ3v) is 3.40. The predicted molar refractivity (Wildman–Crippen MR) is 82.1 cm³/mol. The molecule has 2 rings (SSSR count). The van der Waals surface area contributed by atoms with Gasteiger partial charge in [-0.15, -0.1) is 0 Å². The zero-order chi connectivity index (χ0) is 14.7. The van der Waals surface area contributed by atoms with Gasteiger partial charge in [0.05, 0.1) is 23.4 Å². The normalized spacial score (nSPS) is 10.2. The van der Waals surface area contributed by atoms with Crippen LogP contribution in [0.15, 0.2) is 36.4 Å². The van der Waals surface area contributed by atoms with Gasteiger partial charge in [-0.1, -0.05) is 35.3 Å².